The number of carbonyl (C=O) groups is 1. The summed E-state index contributed by atoms with van der Waals surface area (Å²) < 4.78 is 1.06. The zero-order valence-electron chi connectivity index (χ0n) is 11.8. The first-order valence-electron chi connectivity index (χ1n) is 6.58. The number of nitrogens with one attached hydrogen (secondary N) is 1. The minimum absolute atomic E-state index is 0.140. The van der Waals surface area contributed by atoms with E-state index in [1.165, 1.54) is 11.3 Å². The van der Waals surface area contributed by atoms with E-state index in [2.05, 4.69) is 10.3 Å². The highest BCUT2D eigenvalue weighted by Gasteiger charge is 2.14. The van der Waals surface area contributed by atoms with Gasteiger partial charge in [0, 0.05) is 19.8 Å². The summed E-state index contributed by atoms with van der Waals surface area (Å²) in [6.45, 7) is 0. The molecule has 21 heavy (non-hydrogen) atoms. The molecule has 5 heteroatoms. The summed E-state index contributed by atoms with van der Waals surface area (Å²) in [5.41, 5.74) is 2.43. The van der Waals surface area contributed by atoms with Crippen molar-refractivity contribution in [3.63, 3.8) is 0 Å². The molecular formula is C16H15N3OS. The molecule has 4 nitrogen and oxygen atoms in total. The zero-order valence-corrected chi connectivity index (χ0v) is 12.6. The monoisotopic (exact) mass is 297 g/mol. The van der Waals surface area contributed by atoms with E-state index in [4.69, 9.17) is 0 Å². The molecule has 0 aliphatic carbocycles. The van der Waals surface area contributed by atoms with E-state index in [1.807, 2.05) is 67.5 Å². The number of rotatable bonds is 3. The minimum Gasteiger partial charge on any atom is -0.377 e. The number of nitrogens with zero attached hydrogens (tertiary/aromatic N) is 2. The van der Waals surface area contributed by atoms with E-state index in [-0.39, 0.29) is 5.91 Å². The molecule has 3 rings (SSSR count). The number of benzene rings is 2. The Hall–Kier alpha value is -2.40. The van der Waals surface area contributed by atoms with Crippen molar-refractivity contribution in [3.05, 3.63) is 54.1 Å². The lowest BCUT2D eigenvalue weighted by Gasteiger charge is -2.16. The standard InChI is InChI=1S/C16H15N3OS/c1-19(2)13-9-5-3-7-11(13)15(20)18-16-17-12-8-4-6-10-14(12)21-16/h3-10H,1-2H3,(H,17,18,20). The molecule has 1 heterocycles. The van der Waals surface area contributed by atoms with E-state index >= 15 is 0 Å². The second-order valence-electron chi connectivity index (χ2n) is 4.85. The number of carbonyl (C=O) groups excluding carboxylic acids is 1. The van der Waals surface area contributed by atoms with Crippen LogP contribution < -0.4 is 10.2 Å². The van der Waals surface area contributed by atoms with Gasteiger partial charge in [-0.2, -0.15) is 0 Å². The molecule has 3 aromatic rings. The van der Waals surface area contributed by atoms with E-state index in [0.29, 0.717) is 10.7 Å². The number of anilines is 2. The van der Waals surface area contributed by atoms with Crippen molar-refractivity contribution in [2.75, 3.05) is 24.3 Å². The molecule has 1 aromatic heterocycles. The normalized spacial score (nSPS) is 10.6. The van der Waals surface area contributed by atoms with Crippen molar-refractivity contribution >= 4 is 38.3 Å². The van der Waals surface area contributed by atoms with Crippen LogP contribution in [0.1, 0.15) is 10.4 Å². The van der Waals surface area contributed by atoms with Gasteiger partial charge in [-0.05, 0) is 24.3 Å². The third-order valence-corrected chi connectivity index (χ3v) is 4.10. The summed E-state index contributed by atoms with van der Waals surface area (Å²) in [4.78, 5) is 18.8. The Morgan fingerprint density at radius 1 is 1.10 bits per heavy atom. The Kier molecular flexibility index (Phi) is 3.58. The predicted octanol–water partition coefficient (Wildman–Crippen LogP) is 3.61. The van der Waals surface area contributed by atoms with Gasteiger partial charge in [0.15, 0.2) is 5.13 Å². The van der Waals surface area contributed by atoms with Gasteiger partial charge in [-0.15, -0.1) is 0 Å². The van der Waals surface area contributed by atoms with Crippen LogP contribution in [0, 0.1) is 0 Å². The van der Waals surface area contributed by atoms with Crippen LogP contribution in [0.2, 0.25) is 0 Å². The van der Waals surface area contributed by atoms with Crippen molar-refractivity contribution < 1.29 is 4.79 Å². The number of fused-ring (bicyclic) bond motifs is 1. The molecule has 106 valence electrons. The third-order valence-electron chi connectivity index (χ3n) is 3.14. The summed E-state index contributed by atoms with van der Waals surface area (Å²) in [5, 5.41) is 3.50. The molecule has 1 amide bonds. The van der Waals surface area contributed by atoms with Crippen LogP contribution in [-0.4, -0.2) is 25.0 Å². The average Bonchev–Trinajstić information content (AvgIpc) is 2.89. The maximum atomic E-state index is 12.4. The maximum absolute atomic E-state index is 12.4. The van der Waals surface area contributed by atoms with Gasteiger partial charge in [-0.25, -0.2) is 4.98 Å². The van der Waals surface area contributed by atoms with Crippen LogP contribution in [-0.2, 0) is 0 Å². The molecule has 2 aromatic carbocycles. The number of thiazole rings is 1. The van der Waals surface area contributed by atoms with Gasteiger partial charge >= 0.3 is 0 Å². The summed E-state index contributed by atoms with van der Waals surface area (Å²) in [6.07, 6.45) is 0. The second kappa shape index (κ2) is 5.54. The van der Waals surface area contributed by atoms with Crippen molar-refractivity contribution in [1.82, 2.24) is 4.98 Å². The first-order chi connectivity index (χ1) is 10.1. The number of hydrogen-bond donors (Lipinski definition) is 1. The van der Waals surface area contributed by atoms with Crippen LogP contribution in [0.15, 0.2) is 48.5 Å². The fourth-order valence-electron chi connectivity index (χ4n) is 2.15. The van der Waals surface area contributed by atoms with Crippen LogP contribution in [0.25, 0.3) is 10.2 Å². The van der Waals surface area contributed by atoms with Crippen molar-refractivity contribution in [2.45, 2.75) is 0 Å². The smallest absolute Gasteiger partial charge is 0.259 e. The number of hydrogen-bond acceptors (Lipinski definition) is 4. The molecular weight excluding hydrogens is 282 g/mol. The summed E-state index contributed by atoms with van der Waals surface area (Å²) >= 11 is 1.48. The molecule has 0 spiro atoms. The molecule has 0 saturated carbocycles. The number of amides is 1. The van der Waals surface area contributed by atoms with Crippen LogP contribution in [0.5, 0.6) is 0 Å². The van der Waals surface area contributed by atoms with E-state index in [0.717, 1.165) is 15.9 Å². The number of aromatic nitrogens is 1. The van der Waals surface area contributed by atoms with Crippen LogP contribution >= 0.6 is 11.3 Å². The molecule has 0 fully saturated rings. The fraction of sp³-hybridized carbons (Fsp3) is 0.125. The summed E-state index contributed by atoms with van der Waals surface area (Å²) in [5.74, 6) is -0.140. The highest BCUT2D eigenvalue weighted by atomic mass is 32.1. The van der Waals surface area contributed by atoms with Gasteiger partial charge in [-0.1, -0.05) is 35.6 Å². The summed E-state index contributed by atoms with van der Waals surface area (Å²) in [6, 6.07) is 15.4. The number of para-hydroxylation sites is 2. The highest BCUT2D eigenvalue weighted by Crippen LogP contribution is 2.26. The molecule has 0 radical (unpaired) electrons. The molecule has 0 aliphatic heterocycles. The largest absolute Gasteiger partial charge is 0.377 e. The molecule has 0 bridgehead atoms. The predicted molar refractivity (Wildman–Crippen MR) is 88.3 cm³/mol. The Morgan fingerprint density at radius 3 is 2.57 bits per heavy atom. The van der Waals surface area contributed by atoms with Crippen LogP contribution in [0.3, 0.4) is 0 Å². The lowest BCUT2D eigenvalue weighted by atomic mass is 10.1. The maximum Gasteiger partial charge on any atom is 0.259 e. The first kappa shape index (κ1) is 13.6. The molecule has 1 N–H and O–H groups in total. The van der Waals surface area contributed by atoms with Gasteiger partial charge in [0.25, 0.3) is 5.91 Å². The van der Waals surface area contributed by atoms with Gasteiger partial charge in [0.1, 0.15) is 0 Å². The first-order valence-corrected chi connectivity index (χ1v) is 7.40. The second-order valence-corrected chi connectivity index (χ2v) is 5.88. The lowest BCUT2D eigenvalue weighted by molar-refractivity contribution is 0.102. The Balaban J connectivity index is 1.89. The zero-order chi connectivity index (χ0) is 14.8. The van der Waals surface area contributed by atoms with Gasteiger partial charge in [0.2, 0.25) is 0 Å². The highest BCUT2D eigenvalue weighted by molar-refractivity contribution is 7.22. The topological polar surface area (TPSA) is 45.2 Å². The Morgan fingerprint density at radius 2 is 1.81 bits per heavy atom. The Bertz CT molecular complexity index is 762. The average molecular weight is 297 g/mol. The fourth-order valence-corrected chi connectivity index (χ4v) is 3.01. The molecule has 0 aliphatic rings. The van der Waals surface area contributed by atoms with E-state index in [1.54, 1.807) is 0 Å². The quantitative estimate of drug-likeness (QED) is 0.803. The van der Waals surface area contributed by atoms with Crippen molar-refractivity contribution in [3.8, 4) is 0 Å². The lowest BCUT2D eigenvalue weighted by Crippen LogP contribution is -2.18. The van der Waals surface area contributed by atoms with E-state index in [9.17, 15) is 4.79 Å². The van der Waals surface area contributed by atoms with E-state index < -0.39 is 0 Å². The van der Waals surface area contributed by atoms with Gasteiger partial charge in [-0.3, -0.25) is 10.1 Å². The molecule has 0 unspecified atom stereocenters. The van der Waals surface area contributed by atoms with Crippen LogP contribution in [0.4, 0.5) is 10.8 Å². The SMILES string of the molecule is CN(C)c1ccccc1C(=O)Nc1nc2ccccc2s1. The Labute approximate surface area is 127 Å². The van der Waals surface area contributed by atoms with Crippen molar-refractivity contribution in [2.24, 2.45) is 0 Å². The molecule has 0 atom stereocenters. The van der Waals surface area contributed by atoms with Gasteiger partial charge in [0.05, 0.1) is 15.8 Å². The van der Waals surface area contributed by atoms with Crippen molar-refractivity contribution in [1.29, 1.82) is 0 Å². The van der Waals surface area contributed by atoms with Gasteiger partial charge < -0.3 is 4.90 Å². The summed E-state index contributed by atoms with van der Waals surface area (Å²) in [7, 11) is 3.84. The minimum atomic E-state index is -0.140. The third kappa shape index (κ3) is 2.73. The molecule has 0 saturated heterocycles.